The van der Waals surface area contributed by atoms with Crippen molar-refractivity contribution in [2.75, 3.05) is 39.6 Å². The normalized spacial score (nSPS) is 14.1. The minimum absolute atomic E-state index is 0.107. The molecule has 0 bridgehead atoms. The number of hydrogen-bond donors (Lipinski definition) is 3. The van der Waals surface area contributed by atoms with Gasteiger partial charge in [0, 0.05) is 25.7 Å². The highest BCUT2D eigenvalue weighted by Crippen LogP contribution is 2.45. The Morgan fingerprint density at radius 1 is 0.279 bits per heavy atom. The van der Waals surface area contributed by atoms with E-state index in [0.29, 0.717) is 25.7 Å². The van der Waals surface area contributed by atoms with Crippen LogP contribution in [0.5, 0.6) is 0 Å². The van der Waals surface area contributed by atoms with Crippen molar-refractivity contribution in [2.45, 2.75) is 367 Å². The number of aliphatic hydroxyl groups excluding tert-OH is 1. The monoisotopic (exact) mass is 1270 g/mol. The van der Waals surface area contributed by atoms with Gasteiger partial charge in [0.1, 0.15) is 19.3 Å². The van der Waals surface area contributed by atoms with Crippen LogP contribution in [0.25, 0.3) is 0 Å². The molecule has 0 rings (SSSR count). The summed E-state index contributed by atoms with van der Waals surface area (Å²) in [4.78, 5) is 72.1. The van der Waals surface area contributed by atoms with Gasteiger partial charge in [-0.2, -0.15) is 0 Å². The molecule has 17 nitrogen and oxygen atoms in total. The van der Waals surface area contributed by atoms with Crippen LogP contribution in [-0.2, 0) is 65.4 Å². The molecule has 0 radical (unpaired) electrons. The number of ether oxygens (including phenoxy) is 4. The Bertz CT molecular complexity index is 1650. The van der Waals surface area contributed by atoms with Crippen LogP contribution in [0.2, 0.25) is 0 Å². The van der Waals surface area contributed by atoms with Crippen LogP contribution in [-0.4, -0.2) is 96.7 Å². The predicted octanol–water partition coefficient (Wildman–Crippen LogP) is 19.1. The van der Waals surface area contributed by atoms with E-state index in [1.54, 1.807) is 0 Å². The number of phosphoric ester groups is 2. The number of unbranched alkanes of at least 4 members (excludes halogenated alkanes) is 42. The number of rotatable bonds is 68. The zero-order valence-corrected chi connectivity index (χ0v) is 57.1. The molecule has 0 fully saturated rings. The van der Waals surface area contributed by atoms with Crippen LogP contribution < -0.4 is 0 Å². The van der Waals surface area contributed by atoms with Gasteiger partial charge in [0.25, 0.3) is 0 Å². The minimum Gasteiger partial charge on any atom is -0.462 e. The number of hydrogen-bond acceptors (Lipinski definition) is 15. The summed E-state index contributed by atoms with van der Waals surface area (Å²) < 4.78 is 68.0. The molecule has 0 saturated heterocycles. The number of carbonyl (C=O) groups is 4. The van der Waals surface area contributed by atoms with Gasteiger partial charge >= 0.3 is 39.5 Å². The Kier molecular flexibility index (Phi) is 60.5. The molecule has 3 N–H and O–H groups in total. The van der Waals surface area contributed by atoms with Crippen molar-refractivity contribution in [3.8, 4) is 0 Å². The largest absolute Gasteiger partial charge is 0.472 e. The summed E-state index contributed by atoms with van der Waals surface area (Å²) in [5.74, 6) is -2.13. The van der Waals surface area contributed by atoms with E-state index in [2.05, 4.69) is 27.7 Å². The van der Waals surface area contributed by atoms with E-state index >= 15 is 0 Å². The van der Waals surface area contributed by atoms with Crippen molar-refractivity contribution in [1.82, 2.24) is 0 Å². The Morgan fingerprint density at radius 3 is 0.686 bits per heavy atom. The van der Waals surface area contributed by atoms with E-state index in [4.69, 9.17) is 37.0 Å². The highest BCUT2D eigenvalue weighted by molar-refractivity contribution is 7.47. The van der Waals surface area contributed by atoms with E-state index in [1.165, 1.54) is 173 Å². The zero-order chi connectivity index (χ0) is 63.3. The SMILES string of the molecule is CCCCCCCCCCCCCCCCCCCC(=O)O[C@H](COC(=O)CCCCCCCCCCCCCC)COP(=O)(O)OC[C@@H](O)COP(=O)(O)OC[C@@H](COC(=O)CCCCCCC)OC(=O)CCCCCCCCCCCCCC. The second-order valence-electron chi connectivity index (χ2n) is 24.2. The number of esters is 4. The van der Waals surface area contributed by atoms with Crippen LogP contribution >= 0.6 is 15.6 Å². The van der Waals surface area contributed by atoms with Crippen molar-refractivity contribution in [3.63, 3.8) is 0 Å². The Hall–Kier alpha value is -1.94. The average molecular weight is 1270 g/mol. The maximum Gasteiger partial charge on any atom is 0.472 e. The van der Waals surface area contributed by atoms with Gasteiger partial charge in [-0.15, -0.1) is 0 Å². The Balaban J connectivity index is 5.15. The molecular formula is C67H130O17P2. The number of aliphatic hydroxyl groups is 1. The lowest BCUT2D eigenvalue weighted by molar-refractivity contribution is -0.161. The van der Waals surface area contributed by atoms with Gasteiger partial charge < -0.3 is 33.8 Å². The van der Waals surface area contributed by atoms with Gasteiger partial charge in [-0.25, -0.2) is 9.13 Å². The number of carbonyl (C=O) groups excluding carboxylic acids is 4. The maximum absolute atomic E-state index is 13.0. The minimum atomic E-state index is -4.94. The van der Waals surface area contributed by atoms with Crippen LogP contribution in [0.3, 0.4) is 0 Å². The first kappa shape index (κ1) is 84.1. The molecule has 510 valence electrons. The summed E-state index contributed by atoms with van der Waals surface area (Å²) in [6, 6.07) is 0. The molecule has 5 atom stereocenters. The second kappa shape index (κ2) is 61.9. The van der Waals surface area contributed by atoms with Crippen LogP contribution in [0.1, 0.15) is 349 Å². The quantitative estimate of drug-likeness (QED) is 0.0222. The molecule has 2 unspecified atom stereocenters. The summed E-state index contributed by atoms with van der Waals surface area (Å²) >= 11 is 0. The molecular weight excluding hydrogens is 1140 g/mol. The maximum atomic E-state index is 13.0. The van der Waals surface area contributed by atoms with Gasteiger partial charge in [-0.3, -0.25) is 37.3 Å². The smallest absolute Gasteiger partial charge is 0.462 e. The standard InChI is InChI=1S/C67H130O17P2/c1-5-9-13-17-20-23-26-29-30-31-32-33-36-39-42-46-50-54-67(72)84-63(58-78-65(70)52-48-44-40-37-34-27-24-21-18-14-10-6-2)60-82-86(75,76)80-56-61(68)55-79-85(73,74)81-59-62(57-77-64(69)51-47-43-16-12-8-4)83-66(71)53-49-45-41-38-35-28-25-22-19-15-11-7-3/h61-63,68H,5-60H2,1-4H3,(H,73,74)(H,75,76)/t61-,62+,63+/m0/s1. The molecule has 0 heterocycles. The Morgan fingerprint density at radius 2 is 0.465 bits per heavy atom. The van der Waals surface area contributed by atoms with E-state index in [1.807, 2.05) is 0 Å². The van der Waals surface area contributed by atoms with E-state index in [0.717, 1.165) is 96.3 Å². The van der Waals surface area contributed by atoms with Gasteiger partial charge in [0.05, 0.1) is 26.4 Å². The fourth-order valence-electron chi connectivity index (χ4n) is 10.2. The second-order valence-corrected chi connectivity index (χ2v) is 27.1. The van der Waals surface area contributed by atoms with Crippen molar-refractivity contribution in [2.24, 2.45) is 0 Å². The molecule has 0 aliphatic heterocycles. The van der Waals surface area contributed by atoms with Crippen LogP contribution in [0, 0.1) is 0 Å². The summed E-state index contributed by atoms with van der Waals surface area (Å²) in [6.45, 7) is 4.84. The molecule has 86 heavy (non-hydrogen) atoms. The van der Waals surface area contributed by atoms with Crippen molar-refractivity contribution in [3.05, 3.63) is 0 Å². The van der Waals surface area contributed by atoms with Gasteiger partial charge in [0.15, 0.2) is 12.2 Å². The molecule has 19 heteroatoms. The van der Waals surface area contributed by atoms with Crippen LogP contribution in [0.15, 0.2) is 0 Å². The fourth-order valence-corrected chi connectivity index (χ4v) is 11.7. The Labute approximate surface area is 524 Å². The molecule has 0 aromatic rings. The predicted molar refractivity (Wildman–Crippen MR) is 345 cm³/mol. The molecule has 0 amide bonds. The first-order valence-corrected chi connectivity index (χ1v) is 38.3. The fraction of sp³-hybridized carbons (Fsp3) is 0.940. The van der Waals surface area contributed by atoms with Crippen molar-refractivity contribution in [1.29, 1.82) is 0 Å². The third-order valence-electron chi connectivity index (χ3n) is 15.6. The zero-order valence-electron chi connectivity index (χ0n) is 55.3. The summed E-state index contributed by atoms with van der Waals surface area (Å²) in [7, 11) is -9.88. The van der Waals surface area contributed by atoms with Crippen molar-refractivity contribution >= 4 is 39.5 Å². The van der Waals surface area contributed by atoms with Gasteiger partial charge in [-0.05, 0) is 25.7 Å². The summed E-state index contributed by atoms with van der Waals surface area (Å²) in [5, 5.41) is 10.5. The van der Waals surface area contributed by atoms with Crippen LogP contribution in [0.4, 0.5) is 0 Å². The average Bonchev–Trinajstić information content (AvgIpc) is 3.63. The highest BCUT2D eigenvalue weighted by Gasteiger charge is 2.30. The molecule has 0 aliphatic carbocycles. The lowest BCUT2D eigenvalue weighted by Gasteiger charge is -2.21. The molecule has 0 aliphatic rings. The first-order chi connectivity index (χ1) is 41.7. The molecule has 0 spiro atoms. The van der Waals surface area contributed by atoms with Gasteiger partial charge in [0.2, 0.25) is 0 Å². The third kappa shape index (κ3) is 60.9. The molecule has 0 aromatic heterocycles. The number of phosphoric acid groups is 2. The topological polar surface area (TPSA) is 237 Å². The van der Waals surface area contributed by atoms with Gasteiger partial charge in [-0.1, -0.05) is 297 Å². The highest BCUT2D eigenvalue weighted by atomic mass is 31.2. The summed E-state index contributed by atoms with van der Waals surface area (Å²) in [5.41, 5.74) is 0. The first-order valence-electron chi connectivity index (χ1n) is 35.3. The lowest BCUT2D eigenvalue weighted by Crippen LogP contribution is -2.30. The van der Waals surface area contributed by atoms with E-state index in [-0.39, 0.29) is 25.7 Å². The molecule has 0 saturated carbocycles. The van der Waals surface area contributed by atoms with E-state index < -0.39 is 97.5 Å². The summed E-state index contributed by atoms with van der Waals surface area (Å²) in [6.07, 6.45) is 48.8. The third-order valence-corrected chi connectivity index (χ3v) is 17.5. The van der Waals surface area contributed by atoms with Crippen molar-refractivity contribution < 1.29 is 80.2 Å². The lowest BCUT2D eigenvalue weighted by atomic mass is 10.0. The molecule has 0 aromatic carbocycles. The van der Waals surface area contributed by atoms with E-state index in [9.17, 15) is 43.2 Å².